The fourth-order valence-electron chi connectivity index (χ4n) is 2.19. The minimum Gasteiger partial charge on any atom is -0.383 e. The number of nitrogens with one attached hydrogen (secondary N) is 1. The predicted octanol–water partition coefficient (Wildman–Crippen LogP) is 0.722. The topological polar surface area (TPSA) is 33.7 Å². The Kier molecular flexibility index (Phi) is 6.96. The average molecular weight is 230 g/mol. The Hall–Kier alpha value is -0.160. The van der Waals surface area contributed by atoms with Crippen LogP contribution in [0.5, 0.6) is 0 Å². The van der Waals surface area contributed by atoms with E-state index in [-0.39, 0.29) is 0 Å². The van der Waals surface area contributed by atoms with E-state index in [9.17, 15) is 0 Å². The fourth-order valence-corrected chi connectivity index (χ4v) is 2.19. The molecule has 16 heavy (non-hydrogen) atoms. The third-order valence-electron chi connectivity index (χ3n) is 3.05. The van der Waals surface area contributed by atoms with Gasteiger partial charge in [-0.05, 0) is 19.9 Å². The number of hydrogen-bond donors (Lipinski definition) is 1. The smallest absolute Gasteiger partial charge is 0.0630 e. The molecule has 1 heterocycles. The zero-order valence-corrected chi connectivity index (χ0v) is 10.9. The lowest BCUT2D eigenvalue weighted by Crippen LogP contribution is -2.54. The lowest BCUT2D eigenvalue weighted by atomic mass is 10.1. The number of morpholine rings is 1. The molecule has 0 aliphatic carbocycles. The zero-order valence-electron chi connectivity index (χ0n) is 10.9. The molecule has 1 aliphatic rings. The van der Waals surface area contributed by atoms with Crippen LogP contribution in [0.15, 0.2) is 0 Å². The molecule has 0 amide bonds. The van der Waals surface area contributed by atoms with E-state index >= 15 is 0 Å². The highest BCUT2D eigenvalue weighted by Gasteiger charge is 2.25. The Morgan fingerprint density at radius 3 is 3.00 bits per heavy atom. The van der Waals surface area contributed by atoms with E-state index in [1.807, 2.05) is 0 Å². The van der Waals surface area contributed by atoms with Gasteiger partial charge in [0, 0.05) is 32.3 Å². The van der Waals surface area contributed by atoms with Crippen molar-refractivity contribution in [1.82, 2.24) is 10.2 Å². The molecule has 0 bridgehead atoms. The summed E-state index contributed by atoms with van der Waals surface area (Å²) in [6.45, 7) is 10.00. The Morgan fingerprint density at radius 1 is 1.56 bits per heavy atom. The van der Waals surface area contributed by atoms with Crippen molar-refractivity contribution < 1.29 is 9.47 Å². The van der Waals surface area contributed by atoms with Crippen molar-refractivity contribution in [2.45, 2.75) is 32.4 Å². The van der Waals surface area contributed by atoms with Crippen LogP contribution in [-0.4, -0.2) is 63.5 Å². The minimum atomic E-state index is 0.468. The first kappa shape index (κ1) is 13.9. The molecule has 2 unspecified atom stereocenters. The summed E-state index contributed by atoms with van der Waals surface area (Å²) < 4.78 is 10.8. The molecule has 0 aromatic rings. The summed E-state index contributed by atoms with van der Waals surface area (Å²) in [5, 5.41) is 3.48. The van der Waals surface area contributed by atoms with Crippen molar-refractivity contribution in [2.75, 3.05) is 46.6 Å². The zero-order chi connectivity index (χ0) is 11.8. The van der Waals surface area contributed by atoms with E-state index < -0.39 is 0 Å². The van der Waals surface area contributed by atoms with Gasteiger partial charge in [-0.3, -0.25) is 4.90 Å². The predicted molar refractivity (Wildman–Crippen MR) is 65.8 cm³/mol. The van der Waals surface area contributed by atoms with Crippen LogP contribution < -0.4 is 5.32 Å². The van der Waals surface area contributed by atoms with E-state index in [0.717, 1.165) is 39.5 Å². The van der Waals surface area contributed by atoms with Crippen LogP contribution in [0.3, 0.4) is 0 Å². The molecule has 1 fully saturated rings. The van der Waals surface area contributed by atoms with Crippen LogP contribution in [0.2, 0.25) is 0 Å². The Morgan fingerprint density at radius 2 is 2.38 bits per heavy atom. The van der Waals surface area contributed by atoms with Gasteiger partial charge in [0.05, 0.1) is 19.8 Å². The van der Waals surface area contributed by atoms with Gasteiger partial charge in [0.2, 0.25) is 0 Å². The van der Waals surface area contributed by atoms with Crippen LogP contribution in [0, 0.1) is 0 Å². The van der Waals surface area contributed by atoms with Gasteiger partial charge in [0.1, 0.15) is 0 Å². The van der Waals surface area contributed by atoms with Crippen molar-refractivity contribution in [1.29, 1.82) is 0 Å². The van der Waals surface area contributed by atoms with Gasteiger partial charge in [-0.25, -0.2) is 0 Å². The summed E-state index contributed by atoms with van der Waals surface area (Å²) in [7, 11) is 1.78. The van der Waals surface area contributed by atoms with Gasteiger partial charge < -0.3 is 14.8 Å². The van der Waals surface area contributed by atoms with Crippen molar-refractivity contribution >= 4 is 0 Å². The molecule has 1 N–H and O–H groups in total. The van der Waals surface area contributed by atoms with Crippen LogP contribution in [0.4, 0.5) is 0 Å². The summed E-state index contributed by atoms with van der Waals surface area (Å²) >= 11 is 0. The first-order valence-corrected chi connectivity index (χ1v) is 6.32. The van der Waals surface area contributed by atoms with Crippen LogP contribution >= 0.6 is 0 Å². The second-order valence-electron chi connectivity index (χ2n) is 4.48. The van der Waals surface area contributed by atoms with Gasteiger partial charge in [-0.2, -0.15) is 0 Å². The van der Waals surface area contributed by atoms with Crippen LogP contribution in [0.25, 0.3) is 0 Å². The average Bonchev–Trinajstić information content (AvgIpc) is 2.29. The number of methoxy groups -OCH3 is 1. The molecule has 0 aromatic heterocycles. The second-order valence-corrected chi connectivity index (χ2v) is 4.48. The van der Waals surface area contributed by atoms with E-state index in [4.69, 9.17) is 9.47 Å². The van der Waals surface area contributed by atoms with Gasteiger partial charge in [0.25, 0.3) is 0 Å². The highest BCUT2D eigenvalue weighted by Crippen LogP contribution is 2.10. The van der Waals surface area contributed by atoms with Crippen molar-refractivity contribution in [2.24, 2.45) is 0 Å². The molecule has 96 valence electrons. The normalized spacial score (nSPS) is 24.6. The Balaban J connectivity index is 2.39. The van der Waals surface area contributed by atoms with E-state index in [2.05, 4.69) is 24.1 Å². The highest BCUT2D eigenvalue weighted by atomic mass is 16.5. The number of hydrogen-bond acceptors (Lipinski definition) is 4. The molecular formula is C12H26N2O2. The molecule has 4 nitrogen and oxygen atoms in total. The standard InChI is InChI=1S/C12H26N2O2/c1-4-5-13-8-12(10-15-3)14-6-7-16-9-11(14)2/h11-13H,4-10H2,1-3H3. The molecule has 0 spiro atoms. The summed E-state index contributed by atoms with van der Waals surface area (Å²) in [4.78, 5) is 2.50. The van der Waals surface area contributed by atoms with Crippen molar-refractivity contribution in [3.63, 3.8) is 0 Å². The number of nitrogens with zero attached hydrogens (tertiary/aromatic N) is 1. The lowest BCUT2D eigenvalue weighted by molar-refractivity contribution is -0.0372. The SMILES string of the molecule is CCCNCC(COC)N1CCOCC1C. The number of ether oxygens (including phenoxy) is 2. The Labute approximate surface area is 99.3 Å². The molecular weight excluding hydrogens is 204 g/mol. The van der Waals surface area contributed by atoms with Gasteiger partial charge in [0.15, 0.2) is 0 Å². The van der Waals surface area contributed by atoms with E-state index in [1.54, 1.807) is 7.11 Å². The van der Waals surface area contributed by atoms with Crippen molar-refractivity contribution in [3.05, 3.63) is 0 Å². The third kappa shape index (κ3) is 4.37. The summed E-state index contributed by atoms with van der Waals surface area (Å²) in [6, 6.07) is 0.966. The Bertz CT molecular complexity index is 178. The van der Waals surface area contributed by atoms with Crippen LogP contribution in [0.1, 0.15) is 20.3 Å². The van der Waals surface area contributed by atoms with Crippen molar-refractivity contribution in [3.8, 4) is 0 Å². The molecule has 0 radical (unpaired) electrons. The molecule has 1 aliphatic heterocycles. The third-order valence-corrected chi connectivity index (χ3v) is 3.05. The minimum absolute atomic E-state index is 0.468. The first-order valence-electron chi connectivity index (χ1n) is 6.32. The van der Waals surface area contributed by atoms with E-state index in [1.165, 1.54) is 6.42 Å². The monoisotopic (exact) mass is 230 g/mol. The van der Waals surface area contributed by atoms with E-state index in [0.29, 0.717) is 12.1 Å². The quantitative estimate of drug-likeness (QED) is 0.654. The molecule has 1 rings (SSSR count). The summed E-state index contributed by atoms with van der Waals surface area (Å²) in [6.07, 6.45) is 1.18. The molecule has 0 aromatic carbocycles. The maximum atomic E-state index is 5.46. The second kappa shape index (κ2) is 8.01. The fraction of sp³-hybridized carbons (Fsp3) is 1.00. The largest absolute Gasteiger partial charge is 0.383 e. The number of rotatable bonds is 7. The molecule has 2 atom stereocenters. The van der Waals surface area contributed by atoms with Gasteiger partial charge in [-0.15, -0.1) is 0 Å². The maximum Gasteiger partial charge on any atom is 0.0630 e. The highest BCUT2D eigenvalue weighted by molar-refractivity contribution is 4.80. The summed E-state index contributed by atoms with van der Waals surface area (Å²) in [5.74, 6) is 0. The molecule has 4 heteroatoms. The van der Waals surface area contributed by atoms with Gasteiger partial charge >= 0.3 is 0 Å². The first-order chi connectivity index (χ1) is 7.79. The summed E-state index contributed by atoms with van der Waals surface area (Å²) in [5.41, 5.74) is 0. The molecule has 1 saturated heterocycles. The maximum absolute atomic E-state index is 5.46. The van der Waals surface area contributed by atoms with Crippen LogP contribution in [-0.2, 0) is 9.47 Å². The lowest BCUT2D eigenvalue weighted by Gasteiger charge is -2.39. The van der Waals surface area contributed by atoms with Gasteiger partial charge in [-0.1, -0.05) is 6.92 Å². The molecule has 0 saturated carbocycles.